The number of carbonyl (C=O) groups excluding carboxylic acids is 1. The fraction of sp³-hybridized carbons (Fsp3) is 0.0870. The number of carbonyl (C=O) groups is 1. The number of anilines is 4. The maximum Gasteiger partial charge on any atom is 0.255 e. The Morgan fingerprint density at radius 3 is 2.37 bits per heavy atom. The molecule has 0 saturated heterocycles. The maximum absolute atomic E-state index is 12.5. The van der Waals surface area contributed by atoms with Crippen LogP contribution >= 0.6 is 0 Å². The molecule has 0 atom stereocenters. The van der Waals surface area contributed by atoms with E-state index in [1.807, 2.05) is 90.1 Å². The first-order valence-corrected chi connectivity index (χ1v) is 9.37. The van der Waals surface area contributed by atoms with Crippen LogP contribution in [-0.4, -0.2) is 29.4 Å². The molecule has 2 N–H and O–H groups in total. The molecule has 0 radical (unpaired) electrons. The summed E-state index contributed by atoms with van der Waals surface area (Å²) in [6.45, 7) is 0. The molecule has 0 aliphatic heterocycles. The van der Waals surface area contributed by atoms with Gasteiger partial charge in [-0.05, 0) is 60.7 Å². The molecule has 0 fully saturated rings. The van der Waals surface area contributed by atoms with E-state index in [1.165, 1.54) is 0 Å². The van der Waals surface area contributed by atoms with Crippen molar-refractivity contribution in [2.75, 3.05) is 29.6 Å². The summed E-state index contributed by atoms with van der Waals surface area (Å²) >= 11 is 0. The summed E-state index contributed by atoms with van der Waals surface area (Å²) in [6.07, 6.45) is 1.69. The highest BCUT2D eigenvalue weighted by atomic mass is 16.1. The summed E-state index contributed by atoms with van der Waals surface area (Å²) in [5.41, 5.74) is 4.25. The van der Waals surface area contributed by atoms with E-state index in [4.69, 9.17) is 5.26 Å². The molecule has 4 rings (SSSR count). The number of amides is 1. The van der Waals surface area contributed by atoms with Crippen LogP contribution in [0.15, 0.2) is 72.9 Å². The van der Waals surface area contributed by atoms with E-state index >= 15 is 0 Å². The summed E-state index contributed by atoms with van der Waals surface area (Å²) < 4.78 is 1.83. The first kappa shape index (κ1) is 19.0. The van der Waals surface area contributed by atoms with E-state index in [-0.39, 0.29) is 5.91 Å². The van der Waals surface area contributed by atoms with Crippen molar-refractivity contribution in [2.45, 2.75) is 0 Å². The third-order valence-corrected chi connectivity index (χ3v) is 4.67. The molecule has 2 heterocycles. The number of benzene rings is 2. The van der Waals surface area contributed by atoms with Crippen molar-refractivity contribution >= 4 is 34.4 Å². The van der Waals surface area contributed by atoms with Crippen molar-refractivity contribution in [1.82, 2.24) is 9.38 Å². The Hall–Kier alpha value is -4.31. The first-order chi connectivity index (χ1) is 14.5. The Bertz CT molecular complexity index is 1230. The minimum atomic E-state index is -0.159. The summed E-state index contributed by atoms with van der Waals surface area (Å²) in [5, 5.41) is 15.3. The van der Waals surface area contributed by atoms with Gasteiger partial charge < -0.3 is 15.5 Å². The highest BCUT2D eigenvalue weighted by molar-refractivity contribution is 6.04. The van der Waals surface area contributed by atoms with Gasteiger partial charge in [0.2, 0.25) is 0 Å². The van der Waals surface area contributed by atoms with E-state index in [2.05, 4.69) is 21.7 Å². The first-order valence-electron chi connectivity index (χ1n) is 9.37. The quantitative estimate of drug-likeness (QED) is 0.526. The van der Waals surface area contributed by atoms with Crippen LogP contribution in [0, 0.1) is 11.3 Å². The number of hydrogen-bond acceptors (Lipinski definition) is 5. The monoisotopic (exact) mass is 396 g/mol. The Morgan fingerprint density at radius 1 is 1.00 bits per heavy atom. The molecule has 0 unspecified atom stereocenters. The smallest absolute Gasteiger partial charge is 0.255 e. The second-order valence-corrected chi connectivity index (χ2v) is 6.97. The Labute approximate surface area is 174 Å². The zero-order valence-electron chi connectivity index (χ0n) is 16.6. The fourth-order valence-electron chi connectivity index (χ4n) is 3.07. The SMILES string of the molecule is CN(C)c1ccc(C(=O)Nc2ccc(Nc3cccc4nc(C#N)cn34)cc2)cc1. The third-order valence-electron chi connectivity index (χ3n) is 4.67. The van der Waals surface area contributed by atoms with Crippen LogP contribution < -0.4 is 15.5 Å². The van der Waals surface area contributed by atoms with Crippen molar-refractivity contribution in [3.05, 3.63) is 84.2 Å². The van der Waals surface area contributed by atoms with Gasteiger partial charge in [0.25, 0.3) is 5.91 Å². The lowest BCUT2D eigenvalue weighted by atomic mass is 10.2. The molecule has 30 heavy (non-hydrogen) atoms. The van der Waals surface area contributed by atoms with Gasteiger partial charge >= 0.3 is 0 Å². The van der Waals surface area contributed by atoms with Crippen molar-refractivity contribution in [2.24, 2.45) is 0 Å². The lowest BCUT2D eigenvalue weighted by Gasteiger charge is -2.13. The van der Waals surface area contributed by atoms with Gasteiger partial charge in [0.1, 0.15) is 17.5 Å². The van der Waals surface area contributed by atoms with Crippen molar-refractivity contribution in [3.8, 4) is 6.07 Å². The number of nitrogens with one attached hydrogen (secondary N) is 2. The van der Waals surface area contributed by atoms with Crippen molar-refractivity contribution in [1.29, 1.82) is 5.26 Å². The largest absolute Gasteiger partial charge is 0.378 e. The molecular weight excluding hydrogens is 376 g/mol. The van der Waals surface area contributed by atoms with Crippen LogP contribution in [0.25, 0.3) is 5.65 Å². The number of hydrogen-bond donors (Lipinski definition) is 2. The molecule has 4 aromatic rings. The topological polar surface area (TPSA) is 85.5 Å². The number of fused-ring (bicyclic) bond motifs is 1. The van der Waals surface area contributed by atoms with Gasteiger partial charge in [-0.2, -0.15) is 5.26 Å². The van der Waals surface area contributed by atoms with Gasteiger partial charge in [-0.1, -0.05) is 6.07 Å². The predicted octanol–water partition coefficient (Wildman–Crippen LogP) is 4.27. The molecule has 0 spiro atoms. The lowest BCUT2D eigenvalue weighted by molar-refractivity contribution is 0.102. The van der Waals surface area contributed by atoms with E-state index < -0.39 is 0 Å². The molecule has 7 heteroatoms. The second kappa shape index (κ2) is 7.97. The maximum atomic E-state index is 12.5. The fourth-order valence-corrected chi connectivity index (χ4v) is 3.07. The average Bonchev–Trinajstić information content (AvgIpc) is 3.20. The molecule has 0 saturated carbocycles. The molecule has 1 amide bonds. The Balaban J connectivity index is 1.46. The molecule has 7 nitrogen and oxygen atoms in total. The third kappa shape index (κ3) is 3.93. The minimum Gasteiger partial charge on any atom is -0.378 e. The van der Waals surface area contributed by atoms with Crippen LogP contribution in [0.1, 0.15) is 16.1 Å². The standard InChI is InChI=1S/C23H20N6O/c1-28(2)20-12-6-16(7-13-20)23(30)27-18-10-8-17(9-11-18)25-21-4-3-5-22-26-19(14-24)15-29(21)22/h3-13,15,25H,1-2H3,(H,27,30). The zero-order valence-corrected chi connectivity index (χ0v) is 16.6. The van der Waals surface area contributed by atoms with Crippen LogP contribution in [0.2, 0.25) is 0 Å². The Kier molecular flexibility index (Phi) is 5.06. The summed E-state index contributed by atoms with van der Waals surface area (Å²) in [7, 11) is 3.92. The molecule has 0 aliphatic carbocycles. The zero-order chi connectivity index (χ0) is 21.1. The second-order valence-electron chi connectivity index (χ2n) is 6.97. The van der Waals surface area contributed by atoms with Gasteiger partial charge in [-0.15, -0.1) is 0 Å². The predicted molar refractivity (Wildman–Crippen MR) is 118 cm³/mol. The van der Waals surface area contributed by atoms with Crippen molar-refractivity contribution in [3.63, 3.8) is 0 Å². The van der Waals surface area contributed by atoms with E-state index in [0.29, 0.717) is 22.6 Å². The normalized spacial score (nSPS) is 10.4. The van der Waals surface area contributed by atoms with Gasteiger partial charge in [-0.3, -0.25) is 9.20 Å². The number of rotatable bonds is 5. The number of imidazole rings is 1. The number of nitriles is 1. The van der Waals surface area contributed by atoms with Crippen LogP contribution in [0.5, 0.6) is 0 Å². The summed E-state index contributed by atoms with van der Waals surface area (Å²) in [6, 6.07) is 22.6. The van der Waals surface area contributed by atoms with E-state index in [9.17, 15) is 4.79 Å². The molecule has 2 aromatic carbocycles. The van der Waals surface area contributed by atoms with Crippen LogP contribution in [0.4, 0.5) is 22.9 Å². The number of aromatic nitrogens is 2. The van der Waals surface area contributed by atoms with Crippen LogP contribution in [-0.2, 0) is 0 Å². The lowest BCUT2D eigenvalue weighted by Crippen LogP contribution is -2.13. The van der Waals surface area contributed by atoms with E-state index in [0.717, 1.165) is 17.2 Å². The number of nitrogens with zero attached hydrogens (tertiary/aromatic N) is 4. The molecular formula is C23H20N6O. The number of pyridine rings is 1. The summed E-state index contributed by atoms with van der Waals surface area (Å²) in [4.78, 5) is 18.7. The molecule has 0 aliphatic rings. The van der Waals surface area contributed by atoms with Crippen LogP contribution in [0.3, 0.4) is 0 Å². The van der Waals surface area contributed by atoms with Gasteiger partial charge in [0, 0.05) is 42.9 Å². The van der Waals surface area contributed by atoms with Crippen molar-refractivity contribution < 1.29 is 4.79 Å². The van der Waals surface area contributed by atoms with E-state index in [1.54, 1.807) is 6.20 Å². The minimum absolute atomic E-state index is 0.159. The molecule has 2 aromatic heterocycles. The molecule has 0 bridgehead atoms. The highest BCUT2D eigenvalue weighted by Crippen LogP contribution is 2.21. The highest BCUT2D eigenvalue weighted by Gasteiger charge is 2.08. The Morgan fingerprint density at radius 2 is 1.70 bits per heavy atom. The molecule has 148 valence electrons. The van der Waals surface area contributed by atoms with Gasteiger partial charge in [0.05, 0.1) is 0 Å². The average molecular weight is 396 g/mol. The van der Waals surface area contributed by atoms with Gasteiger partial charge in [-0.25, -0.2) is 4.98 Å². The van der Waals surface area contributed by atoms with Gasteiger partial charge in [0.15, 0.2) is 5.69 Å². The summed E-state index contributed by atoms with van der Waals surface area (Å²) in [5.74, 6) is 0.632.